The summed E-state index contributed by atoms with van der Waals surface area (Å²) in [5.74, 6) is 0.0470. The van der Waals surface area contributed by atoms with E-state index in [4.69, 9.17) is 0 Å². The molecule has 3 aromatic rings. The quantitative estimate of drug-likeness (QED) is 0.695. The van der Waals surface area contributed by atoms with E-state index in [0.29, 0.717) is 17.1 Å². The topological polar surface area (TPSA) is 107 Å². The number of anilines is 1. The Labute approximate surface area is 157 Å². The maximum atomic E-state index is 12.1. The summed E-state index contributed by atoms with van der Waals surface area (Å²) in [4.78, 5) is 13.5. The SMILES string of the molecule is CCc1ccc(NC(=O)Cn2nnc(-c3ccc(S(C)(=O)=O)cc3)n2)cc1. The van der Waals surface area contributed by atoms with Gasteiger partial charge in [0.25, 0.3) is 0 Å². The van der Waals surface area contributed by atoms with E-state index < -0.39 is 9.84 Å². The molecule has 0 aliphatic rings. The van der Waals surface area contributed by atoms with Crippen LogP contribution in [-0.2, 0) is 27.6 Å². The summed E-state index contributed by atoms with van der Waals surface area (Å²) >= 11 is 0. The molecule has 2 aromatic carbocycles. The fraction of sp³-hybridized carbons (Fsp3) is 0.222. The van der Waals surface area contributed by atoms with Gasteiger partial charge in [0.1, 0.15) is 6.54 Å². The molecule has 0 atom stereocenters. The molecule has 3 rings (SSSR count). The summed E-state index contributed by atoms with van der Waals surface area (Å²) in [6.45, 7) is 1.99. The molecule has 27 heavy (non-hydrogen) atoms. The van der Waals surface area contributed by atoms with Crippen LogP contribution in [0.4, 0.5) is 5.69 Å². The Morgan fingerprint density at radius 1 is 1.07 bits per heavy atom. The van der Waals surface area contributed by atoms with Crippen molar-refractivity contribution in [3.8, 4) is 11.4 Å². The summed E-state index contributed by atoms with van der Waals surface area (Å²) < 4.78 is 23.0. The van der Waals surface area contributed by atoms with Crippen molar-refractivity contribution < 1.29 is 13.2 Å². The van der Waals surface area contributed by atoms with Crippen molar-refractivity contribution >= 4 is 21.4 Å². The number of rotatable bonds is 6. The smallest absolute Gasteiger partial charge is 0.248 e. The highest BCUT2D eigenvalue weighted by Crippen LogP contribution is 2.17. The lowest BCUT2D eigenvalue weighted by molar-refractivity contribution is -0.117. The molecule has 0 unspecified atom stereocenters. The number of hydrogen-bond donors (Lipinski definition) is 1. The highest BCUT2D eigenvalue weighted by molar-refractivity contribution is 7.90. The molecule has 1 amide bonds. The number of carbonyl (C=O) groups is 1. The zero-order valence-electron chi connectivity index (χ0n) is 15.0. The van der Waals surface area contributed by atoms with Gasteiger partial charge in [0.15, 0.2) is 9.84 Å². The number of aromatic nitrogens is 4. The first-order valence-corrected chi connectivity index (χ1v) is 10.2. The average molecular weight is 385 g/mol. The summed E-state index contributed by atoms with van der Waals surface area (Å²) in [7, 11) is -3.26. The minimum atomic E-state index is -3.26. The second kappa shape index (κ2) is 7.67. The van der Waals surface area contributed by atoms with Crippen molar-refractivity contribution in [2.75, 3.05) is 11.6 Å². The van der Waals surface area contributed by atoms with E-state index >= 15 is 0 Å². The first-order valence-electron chi connectivity index (χ1n) is 8.32. The molecule has 0 aliphatic carbocycles. The maximum absolute atomic E-state index is 12.1. The van der Waals surface area contributed by atoms with Crippen molar-refractivity contribution in [3.63, 3.8) is 0 Å². The van der Waals surface area contributed by atoms with E-state index in [1.807, 2.05) is 24.3 Å². The number of benzene rings is 2. The zero-order chi connectivity index (χ0) is 19.4. The van der Waals surface area contributed by atoms with Crippen LogP contribution >= 0.6 is 0 Å². The fourth-order valence-corrected chi connectivity index (χ4v) is 3.06. The molecule has 8 nitrogen and oxygen atoms in total. The third-order valence-corrected chi connectivity index (χ3v) is 5.05. The van der Waals surface area contributed by atoms with Gasteiger partial charge >= 0.3 is 0 Å². The van der Waals surface area contributed by atoms with Crippen LogP contribution in [0.2, 0.25) is 0 Å². The third kappa shape index (κ3) is 4.76. The summed E-state index contributed by atoms with van der Waals surface area (Å²) in [5, 5.41) is 14.7. The number of tetrazole rings is 1. The number of nitrogens with zero attached hydrogens (tertiary/aromatic N) is 4. The lowest BCUT2D eigenvalue weighted by Crippen LogP contribution is -2.20. The van der Waals surface area contributed by atoms with Gasteiger partial charge in [-0.15, -0.1) is 10.2 Å². The second-order valence-corrected chi connectivity index (χ2v) is 8.05. The minimum absolute atomic E-state index is 0.0794. The fourth-order valence-electron chi connectivity index (χ4n) is 2.43. The molecule has 0 bridgehead atoms. The Kier molecular flexibility index (Phi) is 5.31. The first kappa shape index (κ1) is 18.7. The Hall–Kier alpha value is -3.07. The number of hydrogen-bond acceptors (Lipinski definition) is 6. The number of carbonyl (C=O) groups excluding carboxylic acids is 1. The largest absolute Gasteiger partial charge is 0.324 e. The standard InChI is InChI=1S/C18H19N5O3S/c1-3-13-4-8-15(9-5-13)19-17(24)12-23-21-18(20-22-23)14-6-10-16(11-7-14)27(2,25)26/h4-11H,3,12H2,1-2H3,(H,19,24). The first-order chi connectivity index (χ1) is 12.8. The highest BCUT2D eigenvalue weighted by atomic mass is 32.2. The van der Waals surface area contributed by atoms with E-state index in [-0.39, 0.29) is 17.3 Å². The van der Waals surface area contributed by atoms with Crippen LogP contribution in [0.25, 0.3) is 11.4 Å². The molecule has 0 saturated carbocycles. The summed E-state index contributed by atoms with van der Waals surface area (Å²) in [6.07, 6.45) is 2.08. The molecule has 1 N–H and O–H groups in total. The third-order valence-electron chi connectivity index (χ3n) is 3.92. The molecule has 0 aliphatic heterocycles. The van der Waals surface area contributed by atoms with E-state index in [1.54, 1.807) is 12.1 Å². The molecule has 9 heteroatoms. The van der Waals surface area contributed by atoms with E-state index in [9.17, 15) is 13.2 Å². The van der Waals surface area contributed by atoms with Crippen LogP contribution in [0.1, 0.15) is 12.5 Å². The van der Waals surface area contributed by atoms with E-state index in [0.717, 1.165) is 12.7 Å². The van der Waals surface area contributed by atoms with E-state index in [1.165, 1.54) is 22.5 Å². The van der Waals surface area contributed by atoms with Crippen molar-refractivity contribution in [2.24, 2.45) is 0 Å². The van der Waals surface area contributed by atoms with Crippen molar-refractivity contribution in [3.05, 3.63) is 54.1 Å². The van der Waals surface area contributed by atoms with Crippen LogP contribution < -0.4 is 5.32 Å². The Balaban J connectivity index is 1.65. The lowest BCUT2D eigenvalue weighted by atomic mass is 10.1. The van der Waals surface area contributed by atoms with Gasteiger partial charge in [0.05, 0.1) is 4.90 Å². The van der Waals surface area contributed by atoms with Gasteiger partial charge < -0.3 is 5.32 Å². The summed E-state index contributed by atoms with van der Waals surface area (Å²) in [6, 6.07) is 13.8. The molecular formula is C18H19N5O3S. The van der Waals surface area contributed by atoms with Crippen LogP contribution in [0.5, 0.6) is 0 Å². The molecule has 0 radical (unpaired) electrons. The maximum Gasteiger partial charge on any atom is 0.248 e. The number of aryl methyl sites for hydroxylation is 1. The van der Waals surface area contributed by atoms with Gasteiger partial charge in [-0.05, 0) is 53.6 Å². The minimum Gasteiger partial charge on any atom is -0.324 e. The predicted octanol–water partition coefficient (Wildman–Crippen LogP) is 1.94. The monoisotopic (exact) mass is 385 g/mol. The van der Waals surface area contributed by atoms with Crippen molar-refractivity contribution in [2.45, 2.75) is 24.8 Å². The molecule has 0 saturated heterocycles. The average Bonchev–Trinajstić information content (AvgIpc) is 3.10. The zero-order valence-corrected chi connectivity index (χ0v) is 15.8. The van der Waals surface area contributed by atoms with Gasteiger partial charge in [0.2, 0.25) is 11.7 Å². The highest BCUT2D eigenvalue weighted by Gasteiger charge is 2.11. The van der Waals surface area contributed by atoms with Crippen LogP contribution in [0, 0.1) is 0 Å². The molecular weight excluding hydrogens is 366 g/mol. The number of amides is 1. The van der Waals surface area contributed by atoms with Gasteiger partial charge in [-0.25, -0.2) is 8.42 Å². The van der Waals surface area contributed by atoms with Crippen LogP contribution in [0.15, 0.2) is 53.4 Å². The van der Waals surface area contributed by atoms with Crippen LogP contribution in [-0.4, -0.2) is 40.8 Å². The van der Waals surface area contributed by atoms with Gasteiger partial charge in [0, 0.05) is 17.5 Å². The Bertz CT molecular complexity index is 1040. The van der Waals surface area contributed by atoms with E-state index in [2.05, 4.69) is 27.7 Å². The van der Waals surface area contributed by atoms with Gasteiger partial charge in [-0.2, -0.15) is 4.80 Å². The van der Waals surface area contributed by atoms with Gasteiger partial charge in [-0.1, -0.05) is 19.1 Å². The normalized spacial score (nSPS) is 11.3. The van der Waals surface area contributed by atoms with Gasteiger partial charge in [-0.3, -0.25) is 4.79 Å². The molecule has 0 spiro atoms. The summed E-state index contributed by atoms with van der Waals surface area (Å²) in [5.41, 5.74) is 2.51. The molecule has 1 aromatic heterocycles. The molecule has 140 valence electrons. The predicted molar refractivity (Wildman–Crippen MR) is 101 cm³/mol. The number of nitrogens with one attached hydrogen (secondary N) is 1. The Morgan fingerprint density at radius 3 is 2.33 bits per heavy atom. The van der Waals surface area contributed by atoms with Crippen molar-refractivity contribution in [1.82, 2.24) is 20.2 Å². The molecule has 0 fully saturated rings. The number of sulfone groups is 1. The van der Waals surface area contributed by atoms with Crippen molar-refractivity contribution in [1.29, 1.82) is 0 Å². The Morgan fingerprint density at radius 2 is 1.74 bits per heavy atom. The van der Waals surface area contributed by atoms with Crippen LogP contribution in [0.3, 0.4) is 0 Å². The lowest BCUT2D eigenvalue weighted by Gasteiger charge is -2.05. The second-order valence-electron chi connectivity index (χ2n) is 6.04. The molecule has 1 heterocycles.